The van der Waals surface area contributed by atoms with Gasteiger partial charge in [-0.25, -0.2) is 4.98 Å². The van der Waals surface area contributed by atoms with Crippen molar-refractivity contribution in [1.29, 1.82) is 0 Å². The molecule has 1 amide bonds. The van der Waals surface area contributed by atoms with Gasteiger partial charge in [0.15, 0.2) is 5.65 Å². The van der Waals surface area contributed by atoms with Crippen LogP contribution in [0.1, 0.15) is 0 Å². The number of nitrogens with zero attached hydrogens (tertiary/aromatic N) is 4. The number of amides is 1. The maximum atomic E-state index is 12.3. The lowest BCUT2D eigenvalue weighted by Gasteiger charge is -2.09. The molecule has 2 N–H and O–H groups in total. The first kappa shape index (κ1) is 18.2. The fraction of sp³-hybridized carbons (Fsp3) is 0.158. The third kappa shape index (κ3) is 3.37. The van der Waals surface area contributed by atoms with E-state index in [4.69, 9.17) is 4.74 Å². The molecular weight excluding hydrogens is 378 g/mol. The van der Waals surface area contributed by atoms with Crippen molar-refractivity contribution in [3.63, 3.8) is 0 Å². The third-order valence-electron chi connectivity index (χ3n) is 4.21. The topological polar surface area (TPSA) is 102 Å². The number of aliphatic hydroxyl groups is 1. The first-order chi connectivity index (χ1) is 13.7. The van der Waals surface area contributed by atoms with Gasteiger partial charge in [-0.2, -0.15) is 0 Å². The minimum absolute atomic E-state index is 0.116. The number of hydrogen-bond donors (Lipinski definition) is 2. The number of anilines is 1. The van der Waals surface area contributed by atoms with Gasteiger partial charge in [-0.15, -0.1) is 10.2 Å². The predicted molar refractivity (Wildman–Crippen MR) is 107 cm³/mol. The van der Waals surface area contributed by atoms with Crippen molar-refractivity contribution < 1.29 is 14.6 Å². The van der Waals surface area contributed by atoms with Crippen LogP contribution in [-0.4, -0.2) is 43.6 Å². The van der Waals surface area contributed by atoms with Gasteiger partial charge in [0.25, 0.3) is 0 Å². The van der Waals surface area contributed by atoms with Crippen LogP contribution in [0.15, 0.2) is 53.7 Å². The molecule has 0 saturated heterocycles. The van der Waals surface area contributed by atoms with Gasteiger partial charge in [0.1, 0.15) is 18.0 Å². The summed E-state index contributed by atoms with van der Waals surface area (Å²) in [5.74, 6) is 0.499. The smallest absolute Gasteiger partial charge is 0.234 e. The molecule has 2 aromatic carbocycles. The second-order valence-electron chi connectivity index (χ2n) is 5.89. The zero-order valence-corrected chi connectivity index (χ0v) is 15.8. The van der Waals surface area contributed by atoms with Crippen molar-refractivity contribution in [2.75, 3.05) is 18.2 Å². The summed E-state index contributed by atoms with van der Waals surface area (Å²) in [6, 6.07) is 14.8. The first-order valence-electron chi connectivity index (χ1n) is 8.49. The molecule has 8 nitrogen and oxygen atoms in total. The highest BCUT2D eigenvalue weighted by Crippen LogP contribution is 2.27. The first-order valence-corrected chi connectivity index (χ1v) is 9.48. The van der Waals surface area contributed by atoms with E-state index in [2.05, 4.69) is 20.5 Å². The number of nitrogens with one attached hydrogen (secondary N) is 1. The van der Waals surface area contributed by atoms with Crippen molar-refractivity contribution in [3.8, 4) is 5.75 Å². The molecule has 0 spiro atoms. The van der Waals surface area contributed by atoms with Crippen molar-refractivity contribution in [2.45, 2.75) is 11.9 Å². The van der Waals surface area contributed by atoms with Crippen LogP contribution in [0.3, 0.4) is 0 Å². The Morgan fingerprint density at radius 2 is 1.96 bits per heavy atom. The highest BCUT2D eigenvalue weighted by Gasteiger charge is 2.15. The molecule has 0 fully saturated rings. The number of ether oxygens (including phenoxy) is 1. The van der Waals surface area contributed by atoms with E-state index < -0.39 is 0 Å². The maximum absolute atomic E-state index is 12.3. The molecule has 2 heterocycles. The van der Waals surface area contributed by atoms with Crippen LogP contribution in [0.4, 0.5) is 5.69 Å². The van der Waals surface area contributed by atoms with E-state index in [9.17, 15) is 9.90 Å². The highest BCUT2D eigenvalue weighted by molar-refractivity contribution is 7.99. The number of carbonyl (C=O) groups excluding carboxylic acids is 1. The van der Waals surface area contributed by atoms with Gasteiger partial charge in [0.2, 0.25) is 11.1 Å². The average molecular weight is 395 g/mol. The van der Waals surface area contributed by atoms with Crippen molar-refractivity contribution in [3.05, 3.63) is 48.5 Å². The Morgan fingerprint density at radius 1 is 1.18 bits per heavy atom. The largest absolute Gasteiger partial charge is 0.495 e. The SMILES string of the molecule is COc1ccccc1NC(=O)CSc1nnc2c3ccccc3n(CO)c2n1. The van der Waals surface area contributed by atoms with Crippen LogP contribution in [-0.2, 0) is 11.5 Å². The Hall–Kier alpha value is -3.17. The van der Waals surface area contributed by atoms with Crippen LogP contribution in [0, 0.1) is 0 Å². The summed E-state index contributed by atoms with van der Waals surface area (Å²) < 4.78 is 6.89. The Balaban J connectivity index is 1.53. The molecule has 4 aromatic rings. The van der Waals surface area contributed by atoms with Crippen molar-refractivity contribution >= 4 is 45.4 Å². The van der Waals surface area contributed by atoms with Gasteiger partial charge < -0.3 is 19.7 Å². The number of benzene rings is 2. The number of para-hydroxylation sites is 3. The molecule has 0 saturated carbocycles. The normalized spacial score (nSPS) is 11.1. The minimum Gasteiger partial charge on any atom is -0.495 e. The van der Waals surface area contributed by atoms with Crippen molar-refractivity contribution in [2.24, 2.45) is 0 Å². The zero-order chi connectivity index (χ0) is 19.5. The molecule has 0 aliphatic rings. The van der Waals surface area contributed by atoms with Crippen LogP contribution < -0.4 is 10.1 Å². The molecule has 142 valence electrons. The average Bonchev–Trinajstić information content (AvgIpc) is 3.05. The number of rotatable bonds is 6. The summed E-state index contributed by atoms with van der Waals surface area (Å²) in [5, 5.41) is 22.1. The van der Waals surface area contributed by atoms with Gasteiger partial charge in [-0.1, -0.05) is 42.1 Å². The fourth-order valence-electron chi connectivity index (χ4n) is 2.96. The minimum atomic E-state index is -0.221. The molecule has 28 heavy (non-hydrogen) atoms. The van der Waals surface area contributed by atoms with E-state index in [-0.39, 0.29) is 18.4 Å². The summed E-state index contributed by atoms with van der Waals surface area (Å²) in [4.78, 5) is 16.8. The molecule has 0 radical (unpaired) electrons. The highest BCUT2D eigenvalue weighted by atomic mass is 32.2. The Kier molecular flexibility index (Phi) is 5.09. The second-order valence-corrected chi connectivity index (χ2v) is 6.83. The third-order valence-corrected chi connectivity index (χ3v) is 5.05. The summed E-state index contributed by atoms with van der Waals surface area (Å²) in [5.41, 5.74) is 2.59. The quantitative estimate of drug-likeness (QED) is 0.484. The molecule has 9 heteroatoms. The molecule has 0 aliphatic heterocycles. The van der Waals surface area contributed by atoms with Crippen LogP contribution in [0.2, 0.25) is 0 Å². The predicted octanol–water partition coefficient (Wildman–Crippen LogP) is 2.67. The van der Waals surface area contributed by atoms with Crippen LogP contribution >= 0.6 is 11.8 Å². The van der Waals surface area contributed by atoms with Crippen LogP contribution in [0.5, 0.6) is 5.75 Å². The van der Waals surface area contributed by atoms with Crippen LogP contribution in [0.25, 0.3) is 22.1 Å². The van der Waals surface area contributed by atoms with Gasteiger partial charge in [-0.05, 0) is 18.2 Å². The molecule has 0 atom stereocenters. The Labute approximate surface area is 164 Å². The number of aliphatic hydroxyl groups excluding tert-OH is 1. The molecule has 0 unspecified atom stereocenters. The lowest BCUT2D eigenvalue weighted by atomic mass is 10.2. The lowest BCUT2D eigenvalue weighted by molar-refractivity contribution is -0.113. The standard InChI is InChI=1S/C19H17N5O3S/c1-27-15-9-5-3-7-13(15)20-16(26)10-28-19-21-18-17(22-23-19)12-6-2-4-8-14(12)24(18)11-25/h2-9,25H,10-11H2,1H3,(H,20,26). The molecule has 0 bridgehead atoms. The van der Waals surface area contributed by atoms with Gasteiger partial charge >= 0.3 is 0 Å². The van der Waals surface area contributed by atoms with E-state index in [1.165, 1.54) is 11.8 Å². The lowest BCUT2D eigenvalue weighted by Crippen LogP contribution is -2.15. The maximum Gasteiger partial charge on any atom is 0.234 e. The number of hydrogen-bond acceptors (Lipinski definition) is 7. The summed E-state index contributed by atoms with van der Waals surface area (Å²) in [6.07, 6.45) is 0. The van der Waals surface area contributed by atoms with Gasteiger partial charge in [0, 0.05) is 5.39 Å². The Morgan fingerprint density at radius 3 is 2.79 bits per heavy atom. The summed E-state index contributed by atoms with van der Waals surface area (Å²) >= 11 is 1.17. The summed E-state index contributed by atoms with van der Waals surface area (Å²) in [7, 11) is 1.55. The Bertz CT molecular complexity index is 1160. The molecule has 2 aromatic heterocycles. The summed E-state index contributed by atoms with van der Waals surface area (Å²) in [6.45, 7) is -0.221. The van der Waals surface area contributed by atoms with E-state index in [1.807, 2.05) is 36.4 Å². The number of methoxy groups -OCH3 is 1. The number of fused-ring (bicyclic) bond motifs is 3. The zero-order valence-electron chi connectivity index (χ0n) is 15.0. The number of carbonyl (C=O) groups is 1. The van der Waals surface area contributed by atoms with E-state index in [0.717, 1.165) is 10.9 Å². The van der Waals surface area contributed by atoms with Gasteiger partial charge in [0.05, 0.1) is 24.1 Å². The van der Waals surface area contributed by atoms with E-state index in [0.29, 0.717) is 27.8 Å². The van der Waals surface area contributed by atoms with E-state index >= 15 is 0 Å². The number of thioether (sulfide) groups is 1. The molecule has 4 rings (SSSR count). The van der Waals surface area contributed by atoms with Gasteiger partial charge in [-0.3, -0.25) is 4.79 Å². The van der Waals surface area contributed by atoms with Crippen molar-refractivity contribution in [1.82, 2.24) is 19.7 Å². The molecule has 0 aliphatic carbocycles. The van der Waals surface area contributed by atoms with E-state index in [1.54, 1.807) is 23.8 Å². The monoisotopic (exact) mass is 395 g/mol. The second kappa shape index (κ2) is 7.83. The fourth-order valence-corrected chi connectivity index (χ4v) is 3.54. The molecular formula is C19H17N5O3S. The number of aromatic nitrogens is 4.